The molecule has 6 nitrogen and oxygen atoms in total. The topological polar surface area (TPSA) is 53.1 Å². The van der Waals surface area contributed by atoms with Crippen LogP contribution in [0.25, 0.3) is 0 Å². The van der Waals surface area contributed by atoms with Gasteiger partial charge in [0.2, 0.25) is 5.91 Å². The molecule has 0 N–H and O–H groups in total. The summed E-state index contributed by atoms with van der Waals surface area (Å²) >= 11 is 5.88. The van der Waals surface area contributed by atoms with E-state index in [4.69, 9.17) is 16.3 Å². The van der Waals surface area contributed by atoms with Crippen LogP contribution in [0.15, 0.2) is 24.3 Å². The molecule has 2 amide bonds. The first-order chi connectivity index (χ1) is 14.6. The second-order valence-electron chi connectivity index (χ2n) is 8.68. The van der Waals surface area contributed by atoms with Crippen LogP contribution in [0.5, 0.6) is 5.75 Å². The molecule has 0 aromatic heterocycles. The van der Waals surface area contributed by atoms with Crippen LogP contribution in [0.3, 0.4) is 0 Å². The number of carbonyl (C=O) groups is 2. The van der Waals surface area contributed by atoms with Crippen molar-refractivity contribution in [1.82, 2.24) is 14.7 Å². The van der Waals surface area contributed by atoms with Gasteiger partial charge in [0.25, 0.3) is 5.91 Å². The van der Waals surface area contributed by atoms with E-state index in [9.17, 15) is 9.59 Å². The number of rotatable bonds is 6. The minimum absolute atomic E-state index is 0.00632. The molecule has 1 aromatic carbocycles. The van der Waals surface area contributed by atoms with Gasteiger partial charge in [-0.15, -0.1) is 0 Å². The van der Waals surface area contributed by atoms with Crippen LogP contribution in [-0.4, -0.2) is 78.4 Å². The van der Waals surface area contributed by atoms with Gasteiger partial charge in [-0.25, -0.2) is 0 Å². The molecule has 4 rings (SSSR count). The fourth-order valence-corrected chi connectivity index (χ4v) is 5.20. The predicted octanol–water partition coefficient (Wildman–Crippen LogP) is 3.04. The van der Waals surface area contributed by atoms with Crippen LogP contribution in [0.1, 0.15) is 38.5 Å². The van der Waals surface area contributed by atoms with Gasteiger partial charge in [0.1, 0.15) is 5.75 Å². The Balaban J connectivity index is 1.31. The highest BCUT2D eigenvalue weighted by Gasteiger charge is 2.39. The maximum atomic E-state index is 13.3. The summed E-state index contributed by atoms with van der Waals surface area (Å²) in [4.78, 5) is 32.2. The van der Waals surface area contributed by atoms with Gasteiger partial charge in [0, 0.05) is 44.3 Å². The van der Waals surface area contributed by atoms with Crippen molar-refractivity contribution < 1.29 is 14.3 Å². The molecule has 30 heavy (non-hydrogen) atoms. The molecule has 1 aromatic rings. The molecule has 2 heterocycles. The third-order valence-electron chi connectivity index (χ3n) is 6.75. The van der Waals surface area contributed by atoms with Gasteiger partial charge in [-0.3, -0.25) is 14.5 Å². The molecule has 3 fully saturated rings. The quantitative estimate of drug-likeness (QED) is 0.692. The van der Waals surface area contributed by atoms with E-state index in [0.717, 1.165) is 51.9 Å². The van der Waals surface area contributed by atoms with E-state index in [2.05, 4.69) is 9.80 Å². The number of hydrogen-bond donors (Lipinski definition) is 0. The van der Waals surface area contributed by atoms with E-state index in [1.807, 2.05) is 4.90 Å². The molecule has 0 radical (unpaired) electrons. The summed E-state index contributed by atoms with van der Waals surface area (Å²) in [6.45, 7) is 4.66. The molecule has 7 heteroatoms. The average Bonchev–Trinajstić information content (AvgIpc) is 3.48. The monoisotopic (exact) mass is 433 g/mol. The van der Waals surface area contributed by atoms with Gasteiger partial charge < -0.3 is 14.5 Å². The molecule has 1 unspecified atom stereocenters. The lowest BCUT2D eigenvalue weighted by atomic mass is 9.94. The van der Waals surface area contributed by atoms with Crippen LogP contribution in [-0.2, 0) is 9.59 Å². The highest BCUT2D eigenvalue weighted by molar-refractivity contribution is 6.30. The number of nitrogens with zero attached hydrogens (tertiary/aromatic N) is 3. The average molecular weight is 434 g/mol. The summed E-state index contributed by atoms with van der Waals surface area (Å²) in [7, 11) is 0. The van der Waals surface area contributed by atoms with Crippen LogP contribution < -0.4 is 4.74 Å². The molecule has 1 saturated carbocycles. The Bertz CT molecular complexity index is 722. The van der Waals surface area contributed by atoms with E-state index >= 15 is 0 Å². The Labute approximate surface area is 184 Å². The van der Waals surface area contributed by atoms with Crippen molar-refractivity contribution in [3.63, 3.8) is 0 Å². The van der Waals surface area contributed by atoms with Gasteiger partial charge in [-0.05, 0) is 55.9 Å². The predicted molar refractivity (Wildman–Crippen MR) is 117 cm³/mol. The van der Waals surface area contributed by atoms with E-state index < -0.39 is 0 Å². The smallest absolute Gasteiger partial charge is 0.260 e. The van der Waals surface area contributed by atoms with E-state index in [1.54, 1.807) is 24.3 Å². The van der Waals surface area contributed by atoms with Crippen molar-refractivity contribution in [2.24, 2.45) is 5.92 Å². The van der Waals surface area contributed by atoms with Crippen LogP contribution in [0, 0.1) is 5.92 Å². The second kappa shape index (κ2) is 10.0. The molecule has 0 bridgehead atoms. The third-order valence-corrected chi connectivity index (χ3v) is 7.01. The fourth-order valence-electron chi connectivity index (χ4n) is 5.07. The third kappa shape index (κ3) is 5.09. The molecular formula is C23H32ClN3O3. The van der Waals surface area contributed by atoms with Crippen LogP contribution >= 0.6 is 11.6 Å². The first-order valence-corrected chi connectivity index (χ1v) is 11.7. The minimum atomic E-state index is -0.00659. The lowest BCUT2D eigenvalue weighted by Gasteiger charge is -2.42. The normalized spacial score (nSPS) is 21.8. The lowest BCUT2D eigenvalue weighted by Crippen LogP contribution is -2.58. The first kappa shape index (κ1) is 21.4. The van der Waals surface area contributed by atoms with Crippen LogP contribution in [0.4, 0.5) is 0 Å². The summed E-state index contributed by atoms with van der Waals surface area (Å²) in [5.74, 6) is 1.43. The summed E-state index contributed by atoms with van der Waals surface area (Å²) in [5, 5.41) is 0.644. The Hall–Kier alpha value is -1.79. The maximum Gasteiger partial charge on any atom is 0.260 e. The standard InChI is InChI=1S/C23H32ClN3O3/c24-19-7-9-20(10-8-19)30-17-21(28)25-13-15-26(16-14-25)22(18-5-1-2-6-18)23(29)27-11-3-4-12-27/h7-10,18,22H,1-6,11-17H2. The molecule has 164 valence electrons. The van der Waals surface area contributed by atoms with Crippen molar-refractivity contribution in [2.75, 3.05) is 45.9 Å². The molecule has 3 aliphatic rings. The van der Waals surface area contributed by atoms with Crippen molar-refractivity contribution >= 4 is 23.4 Å². The summed E-state index contributed by atoms with van der Waals surface area (Å²) < 4.78 is 5.61. The number of likely N-dealkylation sites (tertiary alicyclic amines) is 1. The number of benzene rings is 1. The van der Waals surface area contributed by atoms with E-state index in [-0.39, 0.29) is 18.6 Å². The summed E-state index contributed by atoms with van der Waals surface area (Å²) in [6.07, 6.45) is 7.01. The second-order valence-corrected chi connectivity index (χ2v) is 9.12. The van der Waals surface area contributed by atoms with Crippen molar-refractivity contribution in [1.29, 1.82) is 0 Å². The van der Waals surface area contributed by atoms with Gasteiger partial charge >= 0.3 is 0 Å². The number of amides is 2. The summed E-state index contributed by atoms with van der Waals surface area (Å²) in [5.41, 5.74) is 0. The largest absolute Gasteiger partial charge is 0.484 e. The number of piperazine rings is 1. The summed E-state index contributed by atoms with van der Waals surface area (Å²) in [6, 6.07) is 7.03. The van der Waals surface area contributed by atoms with Gasteiger partial charge in [0.05, 0.1) is 6.04 Å². The van der Waals surface area contributed by atoms with Gasteiger partial charge in [-0.2, -0.15) is 0 Å². The Morgan fingerprint density at radius 1 is 0.900 bits per heavy atom. The Kier molecular flexibility index (Phi) is 7.16. The van der Waals surface area contributed by atoms with Gasteiger partial charge in [0.15, 0.2) is 6.61 Å². The molecule has 2 aliphatic heterocycles. The number of carbonyl (C=O) groups excluding carboxylic acids is 2. The highest BCUT2D eigenvalue weighted by Crippen LogP contribution is 2.32. The van der Waals surface area contributed by atoms with Crippen molar-refractivity contribution in [3.8, 4) is 5.75 Å². The lowest BCUT2D eigenvalue weighted by molar-refractivity contribution is -0.141. The maximum absolute atomic E-state index is 13.3. The molecule has 1 atom stereocenters. The number of halogens is 1. The van der Waals surface area contributed by atoms with Crippen molar-refractivity contribution in [3.05, 3.63) is 29.3 Å². The fraction of sp³-hybridized carbons (Fsp3) is 0.652. The Morgan fingerprint density at radius 2 is 1.53 bits per heavy atom. The number of ether oxygens (including phenoxy) is 1. The number of hydrogen-bond acceptors (Lipinski definition) is 4. The molecule has 2 saturated heterocycles. The van der Waals surface area contributed by atoms with Gasteiger partial charge in [-0.1, -0.05) is 24.4 Å². The van der Waals surface area contributed by atoms with E-state index in [0.29, 0.717) is 35.7 Å². The zero-order chi connectivity index (χ0) is 20.9. The van der Waals surface area contributed by atoms with Crippen LogP contribution in [0.2, 0.25) is 5.02 Å². The Morgan fingerprint density at radius 3 is 2.17 bits per heavy atom. The highest BCUT2D eigenvalue weighted by atomic mass is 35.5. The molecule has 1 aliphatic carbocycles. The first-order valence-electron chi connectivity index (χ1n) is 11.3. The zero-order valence-corrected chi connectivity index (χ0v) is 18.4. The zero-order valence-electron chi connectivity index (χ0n) is 17.6. The molecular weight excluding hydrogens is 402 g/mol. The minimum Gasteiger partial charge on any atom is -0.484 e. The van der Waals surface area contributed by atoms with E-state index in [1.165, 1.54) is 12.8 Å². The SMILES string of the molecule is O=C(COc1ccc(Cl)cc1)N1CCN(C(C(=O)N2CCCC2)C2CCCC2)CC1. The van der Waals surface area contributed by atoms with Crippen molar-refractivity contribution in [2.45, 2.75) is 44.6 Å². The molecule has 0 spiro atoms.